The Hall–Kier alpha value is -1.22. The van der Waals surface area contributed by atoms with Gasteiger partial charge in [0, 0.05) is 6.04 Å². The number of nitrogen functional groups attached to an aromatic ring is 1. The summed E-state index contributed by atoms with van der Waals surface area (Å²) in [5.41, 5.74) is 7.75. The molecular formula is C12H16ClN3. The van der Waals surface area contributed by atoms with Crippen LogP contribution in [0.3, 0.4) is 0 Å². The molecule has 16 heavy (non-hydrogen) atoms. The number of benzene rings is 1. The molecule has 0 spiro atoms. The predicted octanol–water partition coefficient (Wildman–Crippen LogP) is 3.49. The quantitative estimate of drug-likeness (QED) is 0.869. The Kier molecular flexibility index (Phi) is 2.80. The number of hydrogen-bond acceptors (Lipinski definition) is 2. The van der Waals surface area contributed by atoms with Crippen LogP contribution in [-0.2, 0) is 0 Å². The van der Waals surface area contributed by atoms with Crippen molar-refractivity contribution < 1.29 is 0 Å². The fourth-order valence-electron chi connectivity index (χ4n) is 1.83. The number of para-hydroxylation sites is 1. The number of anilines is 1. The highest BCUT2D eigenvalue weighted by molar-refractivity contribution is 6.35. The minimum absolute atomic E-state index is 0.282. The lowest BCUT2D eigenvalue weighted by molar-refractivity contribution is 0.421. The summed E-state index contributed by atoms with van der Waals surface area (Å²) < 4.78 is 2.02. The van der Waals surface area contributed by atoms with Crippen molar-refractivity contribution in [1.82, 2.24) is 9.55 Å². The summed E-state index contributed by atoms with van der Waals surface area (Å²) in [7, 11) is 0. The number of halogens is 1. The Balaban J connectivity index is 2.72. The first-order valence-corrected chi connectivity index (χ1v) is 5.82. The van der Waals surface area contributed by atoms with Crippen LogP contribution in [0.5, 0.6) is 0 Å². The van der Waals surface area contributed by atoms with Gasteiger partial charge in [-0.25, -0.2) is 4.98 Å². The number of rotatable bonds is 2. The Morgan fingerprint density at radius 2 is 2.00 bits per heavy atom. The molecule has 1 aromatic heterocycles. The van der Waals surface area contributed by atoms with Gasteiger partial charge in [0.25, 0.3) is 0 Å². The molecule has 0 bridgehead atoms. The number of fused-ring (bicyclic) bond motifs is 1. The van der Waals surface area contributed by atoms with E-state index in [1.165, 1.54) is 0 Å². The van der Waals surface area contributed by atoms with Crippen molar-refractivity contribution in [3.63, 3.8) is 0 Å². The second-order valence-electron chi connectivity index (χ2n) is 4.43. The lowest BCUT2D eigenvalue weighted by Gasteiger charge is -2.19. The molecule has 1 unspecified atom stereocenters. The normalized spacial score (nSPS) is 13.6. The van der Waals surface area contributed by atoms with E-state index in [1.54, 1.807) is 0 Å². The zero-order chi connectivity index (χ0) is 11.9. The number of imidazole rings is 1. The van der Waals surface area contributed by atoms with E-state index in [-0.39, 0.29) is 6.04 Å². The molecule has 0 aliphatic heterocycles. The maximum absolute atomic E-state index is 6.21. The van der Waals surface area contributed by atoms with Crippen molar-refractivity contribution in [1.29, 1.82) is 0 Å². The molecule has 0 fully saturated rings. The van der Waals surface area contributed by atoms with Crippen LogP contribution < -0.4 is 5.73 Å². The summed E-state index contributed by atoms with van der Waals surface area (Å²) in [5, 5.41) is 0.703. The molecule has 0 amide bonds. The lowest BCUT2D eigenvalue weighted by Crippen LogP contribution is -2.14. The minimum atomic E-state index is 0.282. The topological polar surface area (TPSA) is 43.8 Å². The SMILES string of the molecule is CC(C)C(C)n1c(N)nc2cccc(Cl)c21. The predicted molar refractivity (Wildman–Crippen MR) is 68.7 cm³/mol. The van der Waals surface area contributed by atoms with Crippen molar-refractivity contribution in [3.8, 4) is 0 Å². The molecule has 0 radical (unpaired) electrons. The molecule has 0 aliphatic carbocycles. The second kappa shape index (κ2) is 3.98. The van der Waals surface area contributed by atoms with Gasteiger partial charge in [-0.05, 0) is 25.0 Å². The highest BCUT2D eigenvalue weighted by atomic mass is 35.5. The molecule has 2 aromatic rings. The van der Waals surface area contributed by atoms with E-state index in [0.717, 1.165) is 11.0 Å². The van der Waals surface area contributed by atoms with Crippen LogP contribution in [0.4, 0.5) is 5.95 Å². The van der Waals surface area contributed by atoms with Gasteiger partial charge in [-0.2, -0.15) is 0 Å². The summed E-state index contributed by atoms with van der Waals surface area (Å²) in [4.78, 5) is 4.33. The fraction of sp³-hybridized carbons (Fsp3) is 0.417. The van der Waals surface area contributed by atoms with Gasteiger partial charge in [-0.15, -0.1) is 0 Å². The minimum Gasteiger partial charge on any atom is -0.369 e. The first-order valence-electron chi connectivity index (χ1n) is 5.44. The molecule has 2 N–H and O–H groups in total. The smallest absolute Gasteiger partial charge is 0.201 e. The van der Waals surface area contributed by atoms with Gasteiger partial charge in [0.1, 0.15) is 0 Å². The number of aromatic nitrogens is 2. The van der Waals surface area contributed by atoms with E-state index >= 15 is 0 Å². The van der Waals surface area contributed by atoms with Crippen molar-refractivity contribution in [2.45, 2.75) is 26.8 Å². The molecule has 3 nitrogen and oxygen atoms in total. The van der Waals surface area contributed by atoms with Crippen LogP contribution in [0, 0.1) is 5.92 Å². The standard InChI is InChI=1S/C12H16ClN3/c1-7(2)8(3)16-11-9(13)5-4-6-10(11)15-12(16)14/h4-8H,1-3H3,(H2,14,15). The summed E-state index contributed by atoms with van der Waals surface area (Å²) in [6.45, 7) is 6.45. The summed E-state index contributed by atoms with van der Waals surface area (Å²) in [6, 6.07) is 5.97. The van der Waals surface area contributed by atoms with E-state index in [1.807, 2.05) is 22.8 Å². The molecule has 1 aromatic carbocycles. The third-order valence-electron chi connectivity index (χ3n) is 3.06. The van der Waals surface area contributed by atoms with Crippen LogP contribution >= 0.6 is 11.6 Å². The Morgan fingerprint density at radius 3 is 2.62 bits per heavy atom. The average molecular weight is 238 g/mol. The van der Waals surface area contributed by atoms with E-state index in [4.69, 9.17) is 17.3 Å². The van der Waals surface area contributed by atoms with E-state index in [2.05, 4.69) is 25.8 Å². The van der Waals surface area contributed by atoms with Gasteiger partial charge < -0.3 is 10.3 Å². The number of hydrogen-bond donors (Lipinski definition) is 1. The van der Waals surface area contributed by atoms with Gasteiger partial charge in [-0.3, -0.25) is 0 Å². The second-order valence-corrected chi connectivity index (χ2v) is 4.84. The molecular weight excluding hydrogens is 222 g/mol. The van der Waals surface area contributed by atoms with E-state index in [0.29, 0.717) is 16.9 Å². The molecule has 86 valence electrons. The van der Waals surface area contributed by atoms with Gasteiger partial charge in [0.05, 0.1) is 16.1 Å². The van der Waals surface area contributed by atoms with Gasteiger partial charge >= 0.3 is 0 Å². The summed E-state index contributed by atoms with van der Waals surface area (Å²) in [6.07, 6.45) is 0. The lowest BCUT2D eigenvalue weighted by atomic mass is 10.1. The molecule has 1 heterocycles. The maximum Gasteiger partial charge on any atom is 0.201 e. The monoisotopic (exact) mass is 237 g/mol. The molecule has 0 aliphatic rings. The fourth-order valence-corrected chi connectivity index (χ4v) is 2.10. The van der Waals surface area contributed by atoms with Gasteiger partial charge in [-0.1, -0.05) is 31.5 Å². The molecule has 4 heteroatoms. The zero-order valence-electron chi connectivity index (χ0n) is 9.74. The van der Waals surface area contributed by atoms with Crippen molar-refractivity contribution >= 4 is 28.6 Å². The Labute approximate surface area is 100 Å². The van der Waals surface area contributed by atoms with Crippen molar-refractivity contribution in [2.75, 3.05) is 5.73 Å². The third-order valence-corrected chi connectivity index (χ3v) is 3.37. The van der Waals surface area contributed by atoms with E-state index in [9.17, 15) is 0 Å². The van der Waals surface area contributed by atoms with Crippen LogP contribution in [-0.4, -0.2) is 9.55 Å². The maximum atomic E-state index is 6.21. The average Bonchev–Trinajstić information content (AvgIpc) is 2.54. The Bertz CT molecular complexity index is 516. The molecule has 2 rings (SSSR count). The highest BCUT2D eigenvalue weighted by Crippen LogP contribution is 2.31. The van der Waals surface area contributed by atoms with Crippen LogP contribution in [0.25, 0.3) is 11.0 Å². The molecule has 0 saturated heterocycles. The first-order chi connectivity index (χ1) is 7.52. The molecule has 0 saturated carbocycles. The third kappa shape index (κ3) is 1.65. The van der Waals surface area contributed by atoms with Crippen molar-refractivity contribution in [3.05, 3.63) is 23.2 Å². The van der Waals surface area contributed by atoms with E-state index < -0.39 is 0 Å². The van der Waals surface area contributed by atoms with Crippen LogP contribution in [0.2, 0.25) is 5.02 Å². The van der Waals surface area contributed by atoms with Gasteiger partial charge in [0.2, 0.25) is 5.95 Å². The largest absolute Gasteiger partial charge is 0.369 e. The van der Waals surface area contributed by atoms with Crippen molar-refractivity contribution in [2.24, 2.45) is 5.92 Å². The van der Waals surface area contributed by atoms with Crippen LogP contribution in [0.1, 0.15) is 26.8 Å². The molecule has 1 atom stereocenters. The highest BCUT2D eigenvalue weighted by Gasteiger charge is 2.18. The summed E-state index contributed by atoms with van der Waals surface area (Å²) in [5.74, 6) is 1.01. The first kappa shape index (κ1) is 11.3. The number of nitrogens with zero attached hydrogens (tertiary/aromatic N) is 2. The Morgan fingerprint density at radius 1 is 1.31 bits per heavy atom. The van der Waals surface area contributed by atoms with Crippen LogP contribution in [0.15, 0.2) is 18.2 Å². The van der Waals surface area contributed by atoms with Gasteiger partial charge in [0.15, 0.2) is 0 Å². The summed E-state index contributed by atoms with van der Waals surface area (Å²) >= 11 is 6.21. The zero-order valence-corrected chi connectivity index (χ0v) is 10.5. The number of nitrogens with two attached hydrogens (primary N) is 1.